The van der Waals surface area contributed by atoms with E-state index in [0.717, 1.165) is 27.2 Å². The molecule has 3 rings (SSSR count). The minimum atomic E-state index is 0.548. The maximum absolute atomic E-state index is 5.72. The molecule has 114 valence electrons. The first-order chi connectivity index (χ1) is 10.6. The number of aryl methyl sites for hydroxylation is 2. The van der Waals surface area contributed by atoms with Crippen LogP contribution in [0.1, 0.15) is 5.56 Å². The smallest absolute Gasteiger partial charge is 0.164 e. The van der Waals surface area contributed by atoms with Crippen molar-refractivity contribution in [2.45, 2.75) is 6.92 Å². The van der Waals surface area contributed by atoms with E-state index in [2.05, 4.69) is 36.3 Å². The Hall–Kier alpha value is -2.15. The van der Waals surface area contributed by atoms with Crippen LogP contribution in [-0.4, -0.2) is 32.9 Å². The number of anilines is 1. The lowest BCUT2D eigenvalue weighted by atomic mass is 10.2. The summed E-state index contributed by atoms with van der Waals surface area (Å²) in [5.74, 6) is 1.62. The lowest BCUT2D eigenvalue weighted by Gasteiger charge is -2.09. The molecule has 2 aromatic heterocycles. The average molecular weight is 362 g/mol. The summed E-state index contributed by atoms with van der Waals surface area (Å²) in [6.07, 6.45) is 1.53. The van der Waals surface area contributed by atoms with Crippen LogP contribution in [0, 0.1) is 6.92 Å². The molecule has 7 heteroatoms. The number of nitrogens with one attached hydrogen (secondary N) is 1. The number of hydrogen-bond acceptors (Lipinski definition) is 5. The van der Waals surface area contributed by atoms with Gasteiger partial charge in [0.05, 0.1) is 11.9 Å². The van der Waals surface area contributed by atoms with Crippen LogP contribution in [0.25, 0.3) is 11.0 Å². The highest BCUT2D eigenvalue weighted by Gasteiger charge is 2.12. The van der Waals surface area contributed by atoms with Gasteiger partial charge in [-0.1, -0.05) is 12.1 Å². The average Bonchev–Trinajstić information content (AvgIpc) is 2.79. The van der Waals surface area contributed by atoms with Crippen molar-refractivity contribution in [1.29, 1.82) is 0 Å². The van der Waals surface area contributed by atoms with Crippen LogP contribution >= 0.6 is 15.9 Å². The molecule has 1 aromatic carbocycles. The van der Waals surface area contributed by atoms with Gasteiger partial charge in [0, 0.05) is 7.05 Å². The zero-order chi connectivity index (χ0) is 15.5. The number of aromatic nitrogens is 4. The van der Waals surface area contributed by atoms with Gasteiger partial charge in [-0.05, 0) is 40.5 Å². The van der Waals surface area contributed by atoms with Gasteiger partial charge in [0.25, 0.3) is 0 Å². The van der Waals surface area contributed by atoms with E-state index in [0.29, 0.717) is 13.2 Å². The predicted octanol–water partition coefficient (Wildman–Crippen LogP) is 2.93. The first-order valence-corrected chi connectivity index (χ1v) is 7.71. The number of fused-ring (bicyclic) bond motifs is 1. The Morgan fingerprint density at radius 2 is 2.18 bits per heavy atom. The second-order valence-electron chi connectivity index (χ2n) is 4.93. The highest BCUT2D eigenvalue weighted by molar-refractivity contribution is 9.10. The van der Waals surface area contributed by atoms with Crippen molar-refractivity contribution in [2.75, 3.05) is 18.5 Å². The van der Waals surface area contributed by atoms with Gasteiger partial charge in [-0.2, -0.15) is 5.10 Å². The van der Waals surface area contributed by atoms with Crippen molar-refractivity contribution in [3.05, 3.63) is 40.8 Å². The van der Waals surface area contributed by atoms with Gasteiger partial charge in [0.15, 0.2) is 5.65 Å². The van der Waals surface area contributed by atoms with Crippen molar-refractivity contribution >= 4 is 32.8 Å². The number of halogens is 1. The standard InChI is InChI=1S/C15H16BrN5O/c1-10-4-3-5-11(8-10)22-7-6-17-14-12-13(16)20-21(2)15(12)19-9-18-14/h3-5,8-9H,6-7H2,1-2H3,(H,17,18,19). The first kappa shape index (κ1) is 14.8. The fourth-order valence-electron chi connectivity index (χ4n) is 2.22. The monoisotopic (exact) mass is 361 g/mol. The summed E-state index contributed by atoms with van der Waals surface area (Å²) in [5.41, 5.74) is 1.96. The number of rotatable bonds is 5. The van der Waals surface area contributed by atoms with Crippen LogP contribution in [0.15, 0.2) is 35.2 Å². The molecule has 0 radical (unpaired) electrons. The molecule has 0 amide bonds. The number of ether oxygens (including phenoxy) is 1. The van der Waals surface area contributed by atoms with Gasteiger partial charge in [0.2, 0.25) is 0 Å². The van der Waals surface area contributed by atoms with Crippen molar-refractivity contribution in [2.24, 2.45) is 7.05 Å². The van der Waals surface area contributed by atoms with E-state index in [1.165, 1.54) is 11.9 Å². The van der Waals surface area contributed by atoms with E-state index in [1.54, 1.807) is 4.68 Å². The molecule has 2 heterocycles. The predicted molar refractivity (Wildman–Crippen MR) is 89.2 cm³/mol. The Labute approximate surface area is 136 Å². The van der Waals surface area contributed by atoms with E-state index in [-0.39, 0.29) is 0 Å². The third kappa shape index (κ3) is 3.04. The SMILES string of the molecule is Cc1cccc(OCCNc2ncnc3c2c(Br)nn3C)c1. The van der Waals surface area contributed by atoms with E-state index in [9.17, 15) is 0 Å². The molecule has 0 fully saturated rings. The van der Waals surface area contributed by atoms with Crippen molar-refractivity contribution in [3.63, 3.8) is 0 Å². The van der Waals surface area contributed by atoms with E-state index in [1.807, 2.05) is 38.2 Å². The molecular formula is C15H16BrN5O. The highest BCUT2D eigenvalue weighted by atomic mass is 79.9. The Balaban J connectivity index is 1.65. The van der Waals surface area contributed by atoms with Crippen LogP contribution in [0.5, 0.6) is 5.75 Å². The fourth-order valence-corrected chi connectivity index (χ4v) is 2.82. The second-order valence-corrected chi connectivity index (χ2v) is 5.68. The molecule has 0 aliphatic heterocycles. The topological polar surface area (TPSA) is 64.9 Å². The highest BCUT2D eigenvalue weighted by Crippen LogP contribution is 2.26. The minimum absolute atomic E-state index is 0.548. The molecule has 0 saturated heterocycles. The number of benzene rings is 1. The molecule has 6 nitrogen and oxygen atoms in total. The van der Waals surface area contributed by atoms with Gasteiger partial charge >= 0.3 is 0 Å². The summed E-state index contributed by atoms with van der Waals surface area (Å²) in [4.78, 5) is 8.51. The van der Waals surface area contributed by atoms with Crippen molar-refractivity contribution in [1.82, 2.24) is 19.7 Å². The molecule has 0 saturated carbocycles. The molecular weight excluding hydrogens is 346 g/mol. The molecule has 0 spiro atoms. The summed E-state index contributed by atoms with van der Waals surface area (Å²) in [7, 11) is 1.85. The molecule has 0 atom stereocenters. The number of hydrogen-bond donors (Lipinski definition) is 1. The molecule has 0 aliphatic rings. The Morgan fingerprint density at radius 1 is 1.32 bits per heavy atom. The van der Waals surface area contributed by atoms with Crippen LogP contribution in [0.4, 0.5) is 5.82 Å². The molecule has 22 heavy (non-hydrogen) atoms. The van der Waals surface area contributed by atoms with E-state index >= 15 is 0 Å². The molecule has 0 bridgehead atoms. The summed E-state index contributed by atoms with van der Waals surface area (Å²) in [6.45, 7) is 3.23. The normalized spacial score (nSPS) is 10.9. The van der Waals surface area contributed by atoms with Crippen LogP contribution in [0.3, 0.4) is 0 Å². The number of nitrogens with zero attached hydrogens (tertiary/aromatic N) is 4. The van der Waals surface area contributed by atoms with Crippen molar-refractivity contribution < 1.29 is 4.74 Å². The first-order valence-electron chi connectivity index (χ1n) is 6.91. The largest absolute Gasteiger partial charge is 0.492 e. The van der Waals surface area contributed by atoms with Crippen LogP contribution in [-0.2, 0) is 7.05 Å². The van der Waals surface area contributed by atoms with Gasteiger partial charge in [0.1, 0.15) is 29.1 Å². The summed E-state index contributed by atoms with van der Waals surface area (Å²) >= 11 is 3.44. The van der Waals surface area contributed by atoms with E-state index in [4.69, 9.17) is 4.74 Å². The third-order valence-corrected chi connectivity index (χ3v) is 3.79. The second kappa shape index (κ2) is 6.31. The third-order valence-electron chi connectivity index (χ3n) is 3.23. The van der Waals surface area contributed by atoms with Gasteiger partial charge in [-0.3, -0.25) is 0 Å². The zero-order valence-corrected chi connectivity index (χ0v) is 14.0. The summed E-state index contributed by atoms with van der Waals surface area (Å²) in [6, 6.07) is 8.00. The summed E-state index contributed by atoms with van der Waals surface area (Å²) in [5, 5.41) is 8.44. The van der Waals surface area contributed by atoms with E-state index < -0.39 is 0 Å². The molecule has 3 aromatic rings. The van der Waals surface area contributed by atoms with Gasteiger partial charge in [-0.25, -0.2) is 14.6 Å². The van der Waals surface area contributed by atoms with Crippen LogP contribution in [0.2, 0.25) is 0 Å². The zero-order valence-electron chi connectivity index (χ0n) is 12.4. The Morgan fingerprint density at radius 3 is 3.00 bits per heavy atom. The lowest BCUT2D eigenvalue weighted by molar-refractivity contribution is 0.332. The Bertz CT molecular complexity index is 802. The van der Waals surface area contributed by atoms with Crippen LogP contribution < -0.4 is 10.1 Å². The maximum Gasteiger partial charge on any atom is 0.164 e. The molecule has 0 aliphatic carbocycles. The Kier molecular flexibility index (Phi) is 4.24. The maximum atomic E-state index is 5.72. The quantitative estimate of drug-likeness (QED) is 0.707. The summed E-state index contributed by atoms with van der Waals surface area (Å²) < 4.78 is 8.16. The molecule has 0 unspecified atom stereocenters. The van der Waals surface area contributed by atoms with Crippen molar-refractivity contribution in [3.8, 4) is 5.75 Å². The fraction of sp³-hybridized carbons (Fsp3) is 0.267. The van der Waals surface area contributed by atoms with Gasteiger partial charge < -0.3 is 10.1 Å². The molecule has 1 N–H and O–H groups in total. The lowest BCUT2D eigenvalue weighted by Crippen LogP contribution is -2.12. The minimum Gasteiger partial charge on any atom is -0.492 e. The van der Waals surface area contributed by atoms with Gasteiger partial charge in [-0.15, -0.1) is 0 Å².